The van der Waals surface area contributed by atoms with Crippen molar-refractivity contribution in [1.29, 1.82) is 0 Å². The lowest BCUT2D eigenvalue weighted by atomic mass is 10.0. The molecule has 0 saturated heterocycles. The maximum Gasteiger partial charge on any atom is 0.354 e. The predicted octanol–water partition coefficient (Wildman–Crippen LogP) is 3.91. The Balaban J connectivity index is 1.52. The summed E-state index contributed by atoms with van der Waals surface area (Å²) in [5.74, 6) is -0.347. The van der Waals surface area contributed by atoms with Crippen molar-refractivity contribution in [3.8, 4) is 0 Å². The second-order valence-electron chi connectivity index (χ2n) is 7.20. The van der Waals surface area contributed by atoms with Crippen molar-refractivity contribution < 1.29 is 14.3 Å². The predicted molar refractivity (Wildman–Crippen MR) is 114 cm³/mol. The Morgan fingerprint density at radius 2 is 2.00 bits per heavy atom. The summed E-state index contributed by atoms with van der Waals surface area (Å²) in [6, 6.07) is 7.45. The number of ether oxygens (including phenoxy) is 1. The van der Waals surface area contributed by atoms with Crippen LogP contribution in [0.3, 0.4) is 0 Å². The number of carbonyl (C=O) groups excluding carboxylic acids is 2. The Morgan fingerprint density at radius 1 is 1.20 bits per heavy atom. The fourth-order valence-electron chi connectivity index (χ4n) is 3.47. The van der Waals surface area contributed by atoms with E-state index in [1.54, 1.807) is 31.6 Å². The van der Waals surface area contributed by atoms with E-state index in [0.29, 0.717) is 43.0 Å². The Hall–Kier alpha value is -3.61. The number of esters is 1. The van der Waals surface area contributed by atoms with Crippen LogP contribution in [-0.4, -0.2) is 39.0 Å². The first-order chi connectivity index (χ1) is 14.5. The number of pyridine rings is 2. The summed E-state index contributed by atoms with van der Waals surface area (Å²) in [7, 11) is 0. The number of hydrogen-bond donors (Lipinski definition) is 1. The molecule has 1 aliphatic rings. The molecule has 0 unspecified atom stereocenters. The lowest BCUT2D eigenvalue weighted by Gasteiger charge is -2.01. The number of rotatable bonds is 7. The second kappa shape index (κ2) is 8.41. The van der Waals surface area contributed by atoms with Gasteiger partial charge in [0.05, 0.1) is 35.4 Å². The third kappa shape index (κ3) is 4.05. The molecule has 4 rings (SSSR count). The first-order valence-electron chi connectivity index (χ1n) is 9.91. The summed E-state index contributed by atoms with van der Waals surface area (Å²) in [4.78, 5) is 40.7. The molecule has 0 aliphatic carbocycles. The van der Waals surface area contributed by atoms with E-state index in [2.05, 4.69) is 19.9 Å². The van der Waals surface area contributed by atoms with E-state index in [1.807, 2.05) is 25.1 Å². The Labute approximate surface area is 173 Å². The Morgan fingerprint density at radius 3 is 2.77 bits per heavy atom. The van der Waals surface area contributed by atoms with Crippen molar-refractivity contribution >= 4 is 34.1 Å². The minimum atomic E-state index is -0.397. The number of nitrogens with zero attached hydrogens (tertiary/aromatic N) is 3. The number of allylic oxidation sites excluding steroid dienone is 1. The number of H-pyrrole nitrogens is 1. The third-order valence-corrected chi connectivity index (χ3v) is 5.04. The molecule has 3 aromatic rings. The molecule has 0 bridgehead atoms. The van der Waals surface area contributed by atoms with Crippen LogP contribution in [0.15, 0.2) is 53.4 Å². The molecule has 0 atom stereocenters. The van der Waals surface area contributed by atoms with Crippen molar-refractivity contribution in [3.63, 3.8) is 0 Å². The van der Waals surface area contributed by atoms with Gasteiger partial charge < -0.3 is 9.72 Å². The highest BCUT2D eigenvalue weighted by atomic mass is 16.5. The summed E-state index contributed by atoms with van der Waals surface area (Å²) in [5.41, 5.74) is 5.21. The van der Waals surface area contributed by atoms with Gasteiger partial charge in [0.25, 0.3) is 0 Å². The normalized spacial score (nSPS) is 13.6. The quantitative estimate of drug-likeness (QED) is 0.604. The summed E-state index contributed by atoms with van der Waals surface area (Å²) in [6.45, 7) is 4.05. The Bertz CT molecular complexity index is 1180. The SMILES string of the molecule is CCOC(=O)c1cc2cc(C3=C(C)CC(C(=O)CCc4ccncc4)=N3)ncc2[nH]1. The molecular weight excluding hydrogens is 380 g/mol. The van der Waals surface area contributed by atoms with E-state index >= 15 is 0 Å². The molecule has 4 heterocycles. The van der Waals surface area contributed by atoms with Crippen LogP contribution in [0.5, 0.6) is 0 Å². The van der Waals surface area contributed by atoms with Crippen molar-refractivity contribution in [2.24, 2.45) is 4.99 Å². The smallest absolute Gasteiger partial charge is 0.354 e. The highest BCUT2D eigenvalue weighted by Gasteiger charge is 2.22. The molecule has 30 heavy (non-hydrogen) atoms. The van der Waals surface area contributed by atoms with Gasteiger partial charge in [-0.25, -0.2) is 9.79 Å². The highest BCUT2D eigenvalue weighted by molar-refractivity contribution is 6.42. The standard InChI is InChI=1S/C23H22N4O3/c1-3-30-23(29)19-12-16-11-18(25-13-20(16)26-19)22-14(2)10-17(27-22)21(28)5-4-15-6-8-24-9-7-15/h6-9,11-13,26H,3-5,10H2,1-2H3. The van der Waals surface area contributed by atoms with Crippen LogP contribution < -0.4 is 0 Å². The summed E-state index contributed by atoms with van der Waals surface area (Å²) in [5, 5.41) is 0.844. The molecule has 0 radical (unpaired) electrons. The molecular formula is C23H22N4O3. The average molecular weight is 402 g/mol. The molecule has 152 valence electrons. The first-order valence-corrected chi connectivity index (χ1v) is 9.91. The molecule has 7 nitrogen and oxygen atoms in total. The number of fused-ring (bicyclic) bond motifs is 1. The van der Waals surface area contributed by atoms with Crippen molar-refractivity contribution in [3.05, 3.63) is 65.4 Å². The first kappa shape index (κ1) is 19.7. The van der Waals surface area contributed by atoms with E-state index in [0.717, 1.165) is 27.7 Å². The number of hydrogen-bond acceptors (Lipinski definition) is 6. The number of aryl methyl sites for hydroxylation is 1. The summed E-state index contributed by atoms with van der Waals surface area (Å²) >= 11 is 0. The summed E-state index contributed by atoms with van der Waals surface area (Å²) in [6.07, 6.45) is 6.74. The van der Waals surface area contributed by atoms with Crippen LogP contribution >= 0.6 is 0 Å². The molecule has 7 heteroatoms. The highest BCUT2D eigenvalue weighted by Crippen LogP contribution is 2.30. The Kier molecular flexibility index (Phi) is 5.52. The van der Waals surface area contributed by atoms with Gasteiger partial charge in [0.15, 0.2) is 5.78 Å². The third-order valence-electron chi connectivity index (χ3n) is 5.04. The number of carbonyl (C=O) groups is 2. The second-order valence-corrected chi connectivity index (χ2v) is 7.20. The van der Waals surface area contributed by atoms with E-state index < -0.39 is 5.97 Å². The van der Waals surface area contributed by atoms with Gasteiger partial charge >= 0.3 is 5.97 Å². The van der Waals surface area contributed by atoms with Crippen LogP contribution in [0.25, 0.3) is 16.6 Å². The number of aliphatic imine (C=N–C) groups is 1. The number of Topliss-reactive ketones (excluding diaryl/α,β-unsaturated/α-hetero) is 1. The van der Waals surface area contributed by atoms with Gasteiger partial charge in [0.1, 0.15) is 5.69 Å². The zero-order chi connectivity index (χ0) is 21.1. The van der Waals surface area contributed by atoms with Gasteiger partial charge in [-0.2, -0.15) is 0 Å². The van der Waals surface area contributed by atoms with Crippen LogP contribution in [0.4, 0.5) is 0 Å². The molecule has 0 aromatic carbocycles. The number of ketones is 1. The number of aromatic nitrogens is 3. The molecule has 0 spiro atoms. The zero-order valence-corrected chi connectivity index (χ0v) is 16.9. The fourth-order valence-corrected chi connectivity index (χ4v) is 3.47. The zero-order valence-electron chi connectivity index (χ0n) is 16.9. The van der Waals surface area contributed by atoms with E-state index in [1.165, 1.54) is 0 Å². The van der Waals surface area contributed by atoms with Crippen LogP contribution in [-0.2, 0) is 16.0 Å². The van der Waals surface area contributed by atoms with Crippen LogP contribution in [0.2, 0.25) is 0 Å². The fraction of sp³-hybridized carbons (Fsp3) is 0.261. The van der Waals surface area contributed by atoms with Gasteiger partial charge in [-0.15, -0.1) is 0 Å². The van der Waals surface area contributed by atoms with E-state index in [4.69, 9.17) is 4.74 Å². The minimum Gasteiger partial charge on any atom is -0.461 e. The lowest BCUT2D eigenvalue weighted by Crippen LogP contribution is -2.13. The van der Waals surface area contributed by atoms with Crippen molar-refractivity contribution in [1.82, 2.24) is 15.0 Å². The maximum atomic E-state index is 12.6. The molecule has 0 amide bonds. The summed E-state index contributed by atoms with van der Waals surface area (Å²) < 4.78 is 5.04. The lowest BCUT2D eigenvalue weighted by molar-refractivity contribution is -0.113. The van der Waals surface area contributed by atoms with Crippen molar-refractivity contribution in [2.75, 3.05) is 6.61 Å². The van der Waals surface area contributed by atoms with E-state index in [-0.39, 0.29) is 5.78 Å². The monoisotopic (exact) mass is 402 g/mol. The average Bonchev–Trinajstić information content (AvgIpc) is 3.36. The van der Waals surface area contributed by atoms with Gasteiger partial charge in [0, 0.05) is 30.6 Å². The molecule has 0 saturated carbocycles. The van der Waals surface area contributed by atoms with Crippen LogP contribution in [0, 0.1) is 0 Å². The van der Waals surface area contributed by atoms with Gasteiger partial charge in [-0.05, 0) is 55.7 Å². The topological polar surface area (TPSA) is 97.3 Å². The number of aromatic amines is 1. The molecule has 1 aliphatic heterocycles. The number of nitrogens with one attached hydrogen (secondary N) is 1. The van der Waals surface area contributed by atoms with Gasteiger partial charge in [-0.1, -0.05) is 0 Å². The molecule has 1 N–H and O–H groups in total. The van der Waals surface area contributed by atoms with Crippen molar-refractivity contribution in [2.45, 2.75) is 33.1 Å². The van der Waals surface area contributed by atoms with Gasteiger partial charge in [0.2, 0.25) is 0 Å². The largest absolute Gasteiger partial charge is 0.461 e. The molecule has 3 aromatic heterocycles. The van der Waals surface area contributed by atoms with E-state index in [9.17, 15) is 9.59 Å². The maximum absolute atomic E-state index is 12.6. The minimum absolute atomic E-state index is 0.0495. The van der Waals surface area contributed by atoms with Gasteiger partial charge in [-0.3, -0.25) is 14.8 Å². The van der Waals surface area contributed by atoms with Crippen LogP contribution in [0.1, 0.15) is 48.4 Å². The molecule has 0 fully saturated rings.